The van der Waals surface area contributed by atoms with Gasteiger partial charge in [-0.1, -0.05) is 29.8 Å². The van der Waals surface area contributed by atoms with Crippen LogP contribution in [0.5, 0.6) is 0 Å². The average Bonchev–Trinajstić information content (AvgIpc) is 2.82. The van der Waals surface area contributed by atoms with Crippen molar-refractivity contribution in [3.05, 3.63) is 70.8 Å². The quantitative estimate of drug-likeness (QED) is 0.428. The van der Waals surface area contributed by atoms with Gasteiger partial charge in [0, 0.05) is 28.9 Å². The van der Waals surface area contributed by atoms with Crippen LogP contribution in [0.2, 0.25) is 5.02 Å². The number of amides is 2. The van der Waals surface area contributed by atoms with E-state index < -0.39 is 5.82 Å². The summed E-state index contributed by atoms with van der Waals surface area (Å²) in [5, 5.41) is 9.18. The lowest BCUT2D eigenvalue weighted by atomic mass is 10.1. The molecule has 0 spiro atoms. The summed E-state index contributed by atoms with van der Waals surface area (Å²) < 4.78 is 13.2. The number of nitrogens with one attached hydrogen (secondary N) is 3. The van der Waals surface area contributed by atoms with Gasteiger partial charge in [0.05, 0.1) is 18.3 Å². The van der Waals surface area contributed by atoms with Crippen molar-refractivity contribution in [3.63, 3.8) is 0 Å². The van der Waals surface area contributed by atoms with E-state index in [0.717, 1.165) is 19.4 Å². The number of nitrogen functional groups attached to an aromatic ring is 1. The minimum atomic E-state index is -0.463. The largest absolute Gasteiger partial charge is 0.382 e. The van der Waals surface area contributed by atoms with E-state index in [0.29, 0.717) is 29.1 Å². The molecule has 0 aliphatic carbocycles. The van der Waals surface area contributed by atoms with E-state index in [4.69, 9.17) is 17.3 Å². The second-order valence-corrected chi connectivity index (χ2v) is 8.45. The molecule has 1 aromatic heterocycles. The summed E-state index contributed by atoms with van der Waals surface area (Å²) in [6.45, 7) is 1.64. The van der Waals surface area contributed by atoms with Gasteiger partial charge in [0.2, 0.25) is 5.91 Å². The molecule has 1 aliphatic rings. The number of aromatic nitrogens is 2. The van der Waals surface area contributed by atoms with Crippen molar-refractivity contribution < 1.29 is 14.0 Å². The molecule has 0 bridgehead atoms. The molecular formula is C24H24ClFN6O2. The number of carbonyl (C=O) groups excluding carboxylic acids is 2. The zero-order valence-corrected chi connectivity index (χ0v) is 19.0. The fourth-order valence-corrected chi connectivity index (χ4v) is 3.97. The lowest BCUT2D eigenvalue weighted by Gasteiger charge is -2.23. The van der Waals surface area contributed by atoms with Crippen molar-refractivity contribution in [2.75, 3.05) is 24.1 Å². The standard InChI is InChI=1S/C24H24ClFN6O2/c25-19-11-16(26)7-6-14(19)10-21(33)30-17-4-1-3-15(9-17)20-13-29-23(27)22(32-20)24(34)31-18-5-2-8-28-12-18/h1,3-4,6-7,9,11,13,18,28H,2,5,8,10,12H2,(H2,27,29)(H,30,33)(H,31,34). The summed E-state index contributed by atoms with van der Waals surface area (Å²) in [7, 11) is 0. The maximum absolute atomic E-state index is 13.2. The first-order chi connectivity index (χ1) is 16.4. The van der Waals surface area contributed by atoms with E-state index in [1.165, 1.54) is 24.4 Å². The highest BCUT2D eigenvalue weighted by molar-refractivity contribution is 6.31. The second-order valence-electron chi connectivity index (χ2n) is 8.05. The molecule has 8 nitrogen and oxygen atoms in total. The third-order valence-corrected chi connectivity index (χ3v) is 5.81. The number of hydrogen-bond donors (Lipinski definition) is 4. The van der Waals surface area contributed by atoms with Gasteiger partial charge in [0.15, 0.2) is 11.5 Å². The smallest absolute Gasteiger partial charge is 0.274 e. The lowest BCUT2D eigenvalue weighted by molar-refractivity contribution is -0.115. The van der Waals surface area contributed by atoms with Gasteiger partial charge < -0.3 is 21.7 Å². The van der Waals surface area contributed by atoms with Crippen LogP contribution in [0.1, 0.15) is 28.9 Å². The van der Waals surface area contributed by atoms with Crippen LogP contribution in [0.15, 0.2) is 48.7 Å². The Labute approximate surface area is 201 Å². The van der Waals surface area contributed by atoms with E-state index in [-0.39, 0.29) is 40.8 Å². The van der Waals surface area contributed by atoms with Crippen LogP contribution in [0, 0.1) is 5.82 Å². The summed E-state index contributed by atoms with van der Waals surface area (Å²) in [5.41, 5.74) is 8.12. The highest BCUT2D eigenvalue weighted by atomic mass is 35.5. The first-order valence-corrected chi connectivity index (χ1v) is 11.2. The van der Waals surface area contributed by atoms with Crippen molar-refractivity contribution >= 4 is 34.9 Å². The Balaban J connectivity index is 1.48. The topological polar surface area (TPSA) is 122 Å². The third-order valence-electron chi connectivity index (χ3n) is 5.46. The van der Waals surface area contributed by atoms with Crippen LogP contribution in [-0.2, 0) is 11.2 Å². The zero-order chi connectivity index (χ0) is 24.1. The normalized spacial score (nSPS) is 15.5. The fraction of sp³-hybridized carbons (Fsp3) is 0.250. The summed E-state index contributed by atoms with van der Waals surface area (Å²) in [4.78, 5) is 33.8. The Bertz CT molecular complexity index is 1220. The molecule has 10 heteroatoms. The van der Waals surface area contributed by atoms with Crippen molar-refractivity contribution in [2.24, 2.45) is 0 Å². The summed E-state index contributed by atoms with van der Waals surface area (Å²) >= 11 is 6.01. The monoisotopic (exact) mass is 482 g/mol. The van der Waals surface area contributed by atoms with Crippen LogP contribution in [0.3, 0.4) is 0 Å². The van der Waals surface area contributed by atoms with Gasteiger partial charge >= 0.3 is 0 Å². The van der Waals surface area contributed by atoms with Crippen molar-refractivity contribution in [2.45, 2.75) is 25.3 Å². The van der Waals surface area contributed by atoms with Crippen molar-refractivity contribution in [1.29, 1.82) is 0 Å². The first-order valence-electron chi connectivity index (χ1n) is 10.9. The van der Waals surface area contributed by atoms with Gasteiger partial charge in [-0.25, -0.2) is 14.4 Å². The minimum absolute atomic E-state index is 0.00857. The molecule has 4 rings (SSSR count). The van der Waals surface area contributed by atoms with Gasteiger partial charge in [-0.15, -0.1) is 0 Å². The van der Waals surface area contributed by atoms with Gasteiger partial charge in [-0.2, -0.15) is 0 Å². The Hall–Kier alpha value is -3.56. The van der Waals surface area contributed by atoms with E-state index in [1.807, 2.05) is 0 Å². The Kier molecular flexibility index (Phi) is 7.34. The van der Waals surface area contributed by atoms with Crippen LogP contribution in [-0.4, -0.2) is 40.9 Å². The molecule has 0 saturated carbocycles. The molecule has 2 heterocycles. The predicted molar refractivity (Wildman–Crippen MR) is 129 cm³/mol. The average molecular weight is 483 g/mol. The van der Waals surface area contributed by atoms with Crippen LogP contribution >= 0.6 is 11.6 Å². The first kappa shape index (κ1) is 23.6. The van der Waals surface area contributed by atoms with E-state index in [2.05, 4.69) is 25.9 Å². The molecule has 1 fully saturated rings. The molecule has 1 aliphatic heterocycles. The SMILES string of the molecule is Nc1ncc(-c2cccc(NC(=O)Cc3ccc(F)cc3Cl)c2)nc1C(=O)NC1CCCNC1. The molecule has 1 unspecified atom stereocenters. The van der Waals surface area contributed by atoms with Gasteiger partial charge in [0.1, 0.15) is 5.82 Å². The van der Waals surface area contributed by atoms with Crippen LogP contribution in [0.4, 0.5) is 15.9 Å². The molecular weight excluding hydrogens is 459 g/mol. The molecule has 5 N–H and O–H groups in total. The maximum atomic E-state index is 13.2. The predicted octanol–water partition coefficient (Wildman–Crippen LogP) is 3.18. The van der Waals surface area contributed by atoms with E-state index in [9.17, 15) is 14.0 Å². The molecule has 1 atom stereocenters. The lowest BCUT2D eigenvalue weighted by Crippen LogP contribution is -2.46. The summed E-state index contributed by atoms with van der Waals surface area (Å²) in [6.07, 6.45) is 3.34. The Morgan fingerprint density at radius 1 is 1.24 bits per heavy atom. The number of rotatable bonds is 6. The molecule has 3 aromatic rings. The third kappa shape index (κ3) is 5.86. The number of anilines is 2. The number of piperidine rings is 1. The summed E-state index contributed by atoms with van der Waals surface area (Å²) in [6, 6.07) is 10.9. The fourth-order valence-electron chi connectivity index (χ4n) is 3.73. The van der Waals surface area contributed by atoms with Gasteiger partial charge in [0.25, 0.3) is 5.91 Å². The number of nitrogens with two attached hydrogens (primary N) is 1. The second kappa shape index (κ2) is 10.6. The van der Waals surface area contributed by atoms with E-state index >= 15 is 0 Å². The highest BCUT2D eigenvalue weighted by Crippen LogP contribution is 2.23. The molecule has 2 amide bonds. The number of halogens is 2. The molecule has 2 aromatic carbocycles. The van der Waals surface area contributed by atoms with Crippen LogP contribution in [0.25, 0.3) is 11.3 Å². The molecule has 34 heavy (non-hydrogen) atoms. The molecule has 0 radical (unpaired) electrons. The number of carbonyl (C=O) groups is 2. The molecule has 1 saturated heterocycles. The maximum Gasteiger partial charge on any atom is 0.274 e. The van der Waals surface area contributed by atoms with Gasteiger partial charge in [-0.05, 0) is 49.2 Å². The zero-order valence-electron chi connectivity index (χ0n) is 18.3. The van der Waals surface area contributed by atoms with Gasteiger partial charge in [-0.3, -0.25) is 9.59 Å². The van der Waals surface area contributed by atoms with Crippen molar-refractivity contribution in [3.8, 4) is 11.3 Å². The van der Waals surface area contributed by atoms with Crippen molar-refractivity contribution in [1.82, 2.24) is 20.6 Å². The summed E-state index contributed by atoms with van der Waals surface area (Å²) in [5.74, 6) is -1.10. The Morgan fingerprint density at radius 2 is 2.09 bits per heavy atom. The number of hydrogen-bond acceptors (Lipinski definition) is 6. The minimum Gasteiger partial charge on any atom is -0.382 e. The molecule has 176 valence electrons. The van der Waals surface area contributed by atoms with Crippen LogP contribution < -0.4 is 21.7 Å². The van der Waals surface area contributed by atoms with E-state index in [1.54, 1.807) is 24.3 Å². The Morgan fingerprint density at radius 3 is 2.85 bits per heavy atom. The number of benzene rings is 2. The number of nitrogens with zero attached hydrogens (tertiary/aromatic N) is 2. The highest BCUT2D eigenvalue weighted by Gasteiger charge is 2.20.